The van der Waals surface area contributed by atoms with Gasteiger partial charge in [-0.25, -0.2) is 9.37 Å². The number of carboxylic acid groups (broad SMARTS) is 1. The number of halogens is 1. The van der Waals surface area contributed by atoms with Crippen molar-refractivity contribution in [2.24, 2.45) is 5.92 Å². The first-order valence-electron chi connectivity index (χ1n) is 8.16. The maximum absolute atomic E-state index is 13.8. The largest absolute Gasteiger partial charge is 0.481 e. The zero-order valence-electron chi connectivity index (χ0n) is 14.3. The molecule has 0 spiro atoms. The lowest BCUT2D eigenvalue weighted by atomic mass is 10.1. The number of carbonyl (C=O) groups is 2. The highest BCUT2D eigenvalue weighted by molar-refractivity contribution is 6.04. The number of amides is 1. The normalized spacial score (nSPS) is 12.3. The summed E-state index contributed by atoms with van der Waals surface area (Å²) < 4.78 is 19.1. The first kappa shape index (κ1) is 18.9. The van der Waals surface area contributed by atoms with Gasteiger partial charge < -0.3 is 19.7 Å². The molecule has 1 atom stereocenters. The van der Waals surface area contributed by atoms with Crippen LogP contribution in [-0.4, -0.2) is 58.2 Å². The van der Waals surface area contributed by atoms with Gasteiger partial charge in [-0.2, -0.15) is 0 Å². The van der Waals surface area contributed by atoms with E-state index in [4.69, 9.17) is 9.84 Å². The quantitative estimate of drug-likeness (QED) is 0.676. The van der Waals surface area contributed by atoms with E-state index in [-0.39, 0.29) is 12.1 Å². The summed E-state index contributed by atoms with van der Waals surface area (Å²) in [4.78, 5) is 32.3. The molecular weight excluding hydrogens is 329 g/mol. The van der Waals surface area contributed by atoms with Crippen molar-refractivity contribution < 1.29 is 23.8 Å². The summed E-state index contributed by atoms with van der Waals surface area (Å²) >= 11 is 0. The minimum Gasteiger partial charge on any atom is -0.481 e. The average molecular weight is 351 g/mol. The van der Waals surface area contributed by atoms with E-state index in [1.165, 1.54) is 24.2 Å². The zero-order valence-corrected chi connectivity index (χ0v) is 14.3. The molecule has 0 saturated carbocycles. The summed E-state index contributed by atoms with van der Waals surface area (Å²) in [6.07, 6.45) is 1.95. The van der Waals surface area contributed by atoms with Crippen molar-refractivity contribution in [2.75, 3.05) is 26.3 Å². The fourth-order valence-electron chi connectivity index (χ4n) is 2.53. The van der Waals surface area contributed by atoms with Crippen molar-refractivity contribution in [3.05, 3.63) is 29.8 Å². The van der Waals surface area contributed by atoms with Gasteiger partial charge in [-0.1, -0.05) is 6.92 Å². The number of imidazole rings is 1. The van der Waals surface area contributed by atoms with Gasteiger partial charge in [-0.15, -0.1) is 0 Å². The lowest BCUT2D eigenvalue weighted by molar-refractivity contribution is -0.141. The fourth-order valence-corrected chi connectivity index (χ4v) is 2.53. The van der Waals surface area contributed by atoms with Crippen LogP contribution in [0.5, 0.6) is 0 Å². The summed E-state index contributed by atoms with van der Waals surface area (Å²) in [7, 11) is 0. The standard InChI is InChI=1S/C17H22FN3O4/c1-3-25-6-4-5-21(9-11(2)17(23)24)16(22)13-7-12(18)8-14-15(13)20-10-19-14/h7-8,10-11H,3-6,9H2,1-2H3,(H,19,20)(H,23,24). The van der Waals surface area contributed by atoms with Crippen LogP contribution in [0.15, 0.2) is 18.5 Å². The number of benzene rings is 1. The average Bonchev–Trinajstić information content (AvgIpc) is 3.04. The number of aliphatic carboxylic acids is 1. The lowest BCUT2D eigenvalue weighted by Crippen LogP contribution is -2.38. The maximum Gasteiger partial charge on any atom is 0.308 e. The van der Waals surface area contributed by atoms with Gasteiger partial charge in [0.05, 0.1) is 23.3 Å². The molecule has 0 aliphatic heterocycles. The maximum atomic E-state index is 13.8. The first-order valence-corrected chi connectivity index (χ1v) is 8.16. The van der Waals surface area contributed by atoms with Crippen LogP contribution in [0.3, 0.4) is 0 Å². The summed E-state index contributed by atoms with van der Waals surface area (Å²) in [5.41, 5.74) is 0.901. The van der Waals surface area contributed by atoms with Crippen molar-refractivity contribution in [2.45, 2.75) is 20.3 Å². The Morgan fingerprint density at radius 1 is 1.44 bits per heavy atom. The monoisotopic (exact) mass is 351 g/mol. The lowest BCUT2D eigenvalue weighted by Gasteiger charge is -2.25. The summed E-state index contributed by atoms with van der Waals surface area (Å²) in [6.45, 7) is 4.78. The minimum absolute atomic E-state index is 0.0305. The van der Waals surface area contributed by atoms with E-state index in [1.807, 2.05) is 6.92 Å². The number of nitrogens with zero attached hydrogens (tertiary/aromatic N) is 2. The molecule has 8 heteroatoms. The Labute approximate surface area is 144 Å². The molecule has 1 heterocycles. The molecule has 0 fully saturated rings. The van der Waals surface area contributed by atoms with E-state index in [2.05, 4.69) is 9.97 Å². The molecule has 1 unspecified atom stereocenters. The molecule has 0 aliphatic rings. The smallest absolute Gasteiger partial charge is 0.308 e. The van der Waals surface area contributed by atoms with Crippen LogP contribution >= 0.6 is 0 Å². The highest BCUT2D eigenvalue weighted by Gasteiger charge is 2.24. The number of aromatic nitrogens is 2. The van der Waals surface area contributed by atoms with Crippen LogP contribution < -0.4 is 0 Å². The van der Waals surface area contributed by atoms with Gasteiger partial charge in [0.15, 0.2) is 0 Å². The number of carboxylic acids is 1. The van der Waals surface area contributed by atoms with Crippen LogP contribution in [0.25, 0.3) is 11.0 Å². The van der Waals surface area contributed by atoms with E-state index in [0.29, 0.717) is 37.2 Å². The minimum atomic E-state index is -0.994. The molecule has 1 aromatic carbocycles. The van der Waals surface area contributed by atoms with Gasteiger partial charge in [0.1, 0.15) is 11.3 Å². The van der Waals surface area contributed by atoms with Gasteiger partial charge in [0.25, 0.3) is 5.91 Å². The Morgan fingerprint density at radius 2 is 2.20 bits per heavy atom. The molecule has 136 valence electrons. The number of carbonyl (C=O) groups excluding carboxylic acids is 1. The Morgan fingerprint density at radius 3 is 2.88 bits per heavy atom. The van der Waals surface area contributed by atoms with Gasteiger partial charge >= 0.3 is 5.97 Å². The summed E-state index contributed by atoms with van der Waals surface area (Å²) in [6, 6.07) is 2.39. The third-order valence-corrected chi connectivity index (χ3v) is 3.84. The molecule has 0 bridgehead atoms. The second-order valence-corrected chi connectivity index (χ2v) is 5.79. The molecule has 1 amide bonds. The third kappa shape index (κ3) is 4.76. The highest BCUT2D eigenvalue weighted by atomic mass is 19.1. The fraction of sp³-hybridized carbons (Fsp3) is 0.471. The molecule has 2 aromatic rings. The Bertz CT molecular complexity index is 747. The first-order chi connectivity index (χ1) is 11.9. The Kier molecular flexibility index (Phi) is 6.46. The van der Waals surface area contributed by atoms with Gasteiger partial charge in [-0.05, 0) is 25.5 Å². The van der Waals surface area contributed by atoms with Gasteiger partial charge in [0.2, 0.25) is 0 Å². The molecular formula is C17H22FN3O4. The molecule has 0 radical (unpaired) electrons. The number of fused-ring (bicyclic) bond motifs is 1. The van der Waals surface area contributed by atoms with Crippen LogP contribution in [0.2, 0.25) is 0 Å². The number of aromatic amines is 1. The molecule has 2 rings (SSSR count). The summed E-state index contributed by atoms with van der Waals surface area (Å²) in [5, 5.41) is 9.14. The second kappa shape index (κ2) is 8.57. The number of nitrogens with one attached hydrogen (secondary N) is 1. The predicted octanol–water partition coefficient (Wildman–Crippen LogP) is 2.29. The zero-order chi connectivity index (χ0) is 18.4. The van der Waals surface area contributed by atoms with E-state index >= 15 is 0 Å². The number of ether oxygens (including phenoxy) is 1. The number of H-pyrrole nitrogens is 1. The third-order valence-electron chi connectivity index (χ3n) is 3.84. The number of rotatable bonds is 9. The van der Waals surface area contributed by atoms with Crippen LogP contribution in [0, 0.1) is 11.7 Å². The molecule has 0 saturated heterocycles. The number of hydrogen-bond donors (Lipinski definition) is 2. The number of hydrogen-bond acceptors (Lipinski definition) is 4. The van der Waals surface area contributed by atoms with Crippen LogP contribution in [0.1, 0.15) is 30.6 Å². The van der Waals surface area contributed by atoms with Crippen molar-refractivity contribution in [1.29, 1.82) is 0 Å². The molecule has 1 aromatic heterocycles. The Hall–Kier alpha value is -2.48. The van der Waals surface area contributed by atoms with Crippen molar-refractivity contribution in [1.82, 2.24) is 14.9 Å². The molecule has 25 heavy (non-hydrogen) atoms. The topological polar surface area (TPSA) is 95.5 Å². The Balaban J connectivity index is 2.25. The molecule has 0 aliphatic carbocycles. The SMILES string of the molecule is CCOCCCN(CC(C)C(=O)O)C(=O)c1cc(F)cc2[nH]cnc12. The highest BCUT2D eigenvalue weighted by Crippen LogP contribution is 2.20. The van der Waals surface area contributed by atoms with Gasteiger partial charge in [-0.3, -0.25) is 9.59 Å². The van der Waals surface area contributed by atoms with Crippen molar-refractivity contribution in [3.8, 4) is 0 Å². The predicted molar refractivity (Wildman–Crippen MR) is 89.9 cm³/mol. The van der Waals surface area contributed by atoms with Gasteiger partial charge in [0, 0.05) is 26.3 Å². The second-order valence-electron chi connectivity index (χ2n) is 5.79. The van der Waals surface area contributed by atoms with Crippen LogP contribution in [0.4, 0.5) is 4.39 Å². The van der Waals surface area contributed by atoms with Crippen LogP contribution in [-0.2, 0) is 9.53 Å². The molecule has 2 N–H and O–H groups in total. The van der Waals surface area contributed by atoms with Crippen molar-refractivity contribution >= 4 is 22.9 Å². The van der Waals surface area contributed by atoms with Crippen molar-refractivity contribution in [3.63, 3.8) is 0 Å². The molecule has 7 nitrogen and oxygen atoms in total. The van der Waals surface area contributed by atoms with E-state index in [0.717, 1.165) is 6.07 Å². The summed E-state index contributed by atoms with van der Waals surface area (Å²) in [5.74, 6) is -2.73. The van der Waals surface area contributed by atoms with E-state index < -0.39 is 23.6 Å². The van der Waals surface area contributed by atoms with E-state index in [9.17, 15) is 14.0 Å². The van der Waals surface area contributed by atoms with E-state index in [1.54, 1.807) is 0 Å².